The van der Waals surface area contributed by atoms with Crippen LogP contribution in [0.4, 0.5) is 10.1 Å². The topological polar surface area (TPSA) is 57.8 Å². The van der Waals surface area contributed by atoms with Gasteiger partial charge in [0.05, 0.1) is 0 Å². The minimum Gasteiger partial charge on any atom is -0.346 e. The van der Waals surface area contributed by atoms with Crippen molar-refractivity contribution in [3.8, 4) is 11.1 Å². The maximum absolute atomic E-state index is 14.7. The van der Waals surface area contributed by atoms with E-state index in [-0.39, 0.29) is 17.1 Å². The van der Waals surface area contributed by atoms with E-state index in [1.165, 1.54) is 6.07 Å². The molecule has 1 aliphatic rings. The minimum atomic E-state index is -0.363. The number of halogens is 1. The first kappa shape index (κ1) is 18.9. The summed E-state index contributed by atoms with van der Waals surface area (Å²) >= 11 is 0. The Hall–Kier alpha value is -3.47. The maximum atomic E-state index is 14.7. The molecule has 1 saturated carbocycles. The van der Waals surface area contributed by atoms with Crippen molar-refractivity contribution in [1.82, 2.24) is 9.97 Å². The Bertz CT molecular complexity index is 1170. The number of H-pyrrole nitrogens is 1. The summed E-state index contributed by atoms with van der Waals surface area (Å²) in [6.45, 7) is 9.49. The Kier molecular flexibility index (Phi) is 4.66. The fourth-order valence-corrected chi connectivity index (χ4v) is 3.30. The molecule has 0 spiro atoms. The second-order valence-electron chi connectivity index (χ2n) is 7.59. The van der Waals surface area contributed by atoms with Gasteiger partial charge in [-0.15, -0.1) is 0 Å². The number of benzene rings is 1. The molecule has 1 aliphatic carbocycles. The van der Waals surface area contributed by atoms with Crippen molar-refractivity contribution in [3.63, 3.8) is 0 Å². The number of carbonyl (C=O) groups excluding carboxylic acids is 1. The molecule has 1 fully saturated rings. The third-order valence-electron chi connectivity index (χ3n) is 5.44. The van der Waals surface area contributed by atoms with Gasteiger partial charge in [0.1, 0.15) is 11.5 Å². The Labute approximate surface area is 168 Å². The third-order valence-corrected chi connectivity index (χ3v) is 5.44. The lowest BCUT2D eigenvalue weighted by molar-refractivity contribution is -0.120. The van der Waals surface area contributed by atoms with Gasteiger partial charge in [-0.25, -0.2) is 9.37 Å². The van der Waals surface area contributed by atoms with Crippen LogP contribution < -0.4 is 5.32 Å². The molecule has 0 unspecified atom stereocenters. The van der Waals surface area contributed by atoms with Crippen LogP contribution in [-0.4, -0.2) is 15.9 Å². The first-order valence-corrected chi connectivity index (χ1v) is 9.49. The van der Waals surface area contributed by atoms with Crippen molar-refractivity contribution in [3.05, 3.63) is 79.4 Å². The number of nitrogens with zero attached hydrogens (tertiary/aromatic N) is 1. The lowest BCUT2D eigenvalue weighted by Crippen LogP contribution is -2.21. The average molecular weight is 387 g/mol. The lowest BCUT2D eigenvalue weighted by Gasteiger charge is -2.12. The highest BCUT2D eigenvalue weighted by molar-refractivity contribution is 5.99. The summed E-state index contributed by atoms with van der Waals surface area (Å²) in [5, 5.41) is 3.70. The standard InChI is InChI=1S/C24H22FN3O/c1-4-6-15(5-2)16-11-19-20(14-27-22(19)26-13-16)18-12-17(7-8-21(18)25)28-23(29)24(3)9-10-24/h4-8,11-14H,1-2,9-10H2,3H3,(H,26,27)(H,28,29)/b15-6+. The first-order valence-electron chi connectivity index (χ1n) is 9.49. The van der Waals surface area contributed by atoms with Crippen molar-refractivity contribution in [2.24, 2.45) is 5.41 Å². The van der Waals surface area contributed by atoms with Crippen molar-refractivity contribution in [1.29, 1.82) is 0 Å². The normalized spacial score (nSPS) is 15.2. The van der Waals surface area contributed by atoms with Gasteiger partial charge in [-0.1, -0.05) is 38.3 Å². The third kappa shape index (κ3) is 3.51. The monoisotopic (exact) mass is 387 g/mol. The largest absolute Gasteiger partial charge is 0.346 e. The molecule has 2 N–H and O–H groups in total. The SMILES string of the molecule is C=C/C=C(\C=C)c1cnc2[nH]cc(-c3cc(NC(=O)C4(C)CC4)ccc3F)c2c1. The smallest absolute Gasteiger partial charge is 0.230 e. The fourth-order valence-electron chi connectivity index (χ4n) is 3.30. The number of carbonyl (C=O) groups is 1. The van der Waals surface area contributed by atoms with Crippen LogP contribution in [0.1, 0.15) is 25.3 Å². The lowest BCUT2D eigenvalue weighted by atomic mass is 10.0. The molecule has 0 bridgehead atoms. The predicted octanol–water partition coefficient (Wildman–Crippen LogP) is 5.86. The van der Waals surface area contributed by atoms with Crippen LogP contribution in [0, 0.1) is 11.2 Å². The van der Waals surface area contributed by atoms with Crippen molar-refractivity contribution < 1.29 is 9.18 Å². The molecule has 4 nitrogen and oxygen atoms in total. The van der Waals surface area contributed by atoms with E-state index in [1.807, 2.05) is 19.1 Å². The molecule has 146 valence electrons. The second-order valence-corrected chi connectivity index (χ2v) is 7.59. The summed E-state index contributed by atoms with van der Waals surface area (Å²) in [4.78, 5) is 19.9. The summed E-state index contributed by atoms with van der Waals surface area (Å²) in [6.07, 6.45) is 10.5. The highest BCUT2D eigenvalue weighted by Crippen LogP contribution is 2.46. The predicted molar refractivity (Wildman–Crippen MR) is 116 cm³/mol. The fraction of sp³-hybridized carbons (Fsp3) is 0.167. The number of aromatic amines is 1. The van der Waals surface area contributed by atoms with Crippen LogP contribution in [0.5, 0.6) is 0 Å². The Morgan fingerprint density at radius 3 is 2.76 bits per heavy atom. The average Bonchev–Trinajstić information content (AvgIpc) is 3.34. The van der Waals surface area contributed by atoms with Gasteiger partial charge >= 0.3 is 0 Å². The van der Waals surface area contributed by atoms with Crippen LogP contribution in [-0.2, 0) is 4.79 Å². The van der Waals surface area contributed by atoms with E-state index in [9.17, 15) is 9.18 Å². The van der Waals surface area contributed by atoms with Gasteiger partial charge in [0.25, 0.3) is 0 Å². The van der Waals surface area contributed by atoms with Gasteiger partial charge in [0, 0.05) is 45.6 Å². The number of amides is 1. The van der Waals surface area contributed by atoms with E-state index in [4.69, 9.17) is 0 Å². The molecule has 0 saturated heterocycles. The van der Waals surface area contributed by atoms with E-state index in [1.54, 1.807) is 36.7 Å². The van der Waals surface area contributed by atoms with Crippen LogP contribution in [0.25, 0.3) is 27.7 Å². The number of nitrogens with one attached hydrogen (secondary N) is 2. The molecule has 5 heteroatoms. The summed E-state index contributed by atoms with van der Waals surface area (Å²) in [7, 11) is 0. The van der Waals surface area contributed by atoms with Crippen LogP contribution >= 0.6 is 0 Å². The van der Waals surface area contributed by atoms with Crippen LogP contribution in [0.3, 0.4) is 0 Å². The van der Waals surface area contributed by atoms with Gasteiger partial charge in [-0.2, -0.15) is 0 Å². The van der Waals surface area contributed by atoms with Crippen molar-refractivity contribution >= 4 is 28.2 Å². The van der Waals surface area contributed by atoms with Gasteiger partial charge in [-0.3, -0.25) is 4.79 Å². The van der Waals surface area contributed by atoms with E-state index >= 15 is 0 Å². The molecule has 1 amide bonds. The second kappa shape index (κ2) is 7.17. The molecule has 2 aromatic heterocycles. The molecule has 2 heterocycles. The highest BCUT2D eigenvalue weighted by Gasteiger charge is 2.44. The molecular formula is C24H22FN3O. The molecule has 1 aromatic carbocycles. The van der Waals surface area contributed by atoms with Gasteiger partial charge in [-0.05, 0) is 42.7 Å². The number of allylic oxidation sites excluding steroid dienone is 4. The summed E-state index contributed by atoms with van der Waals surface area (Å²) < 4.78 is 14.7. The molecule has 0 radical (unpaired) electrons. The quantitative estimate of drug-likeness (QED) is 0.520. The number of aromatic nitrogens is 2. The highest BCUT2D eigenvalue weighted by atomic mass is 19.1. The number of pyridine rings is 1. The summed E-state index contributed by atoms with van der Waals surface area (Å²) in [5.41, 5.74) is 3.76. The van der Waals surface area contributed by atoms with E-state index < -0.39 is 0 Å². The molecule has 3 aromatic rings. The number of hydrogen-bond acceptors (Lipinski definition) is 2. The maximum Gasteiger partial charge on any atom is 0.230 e. The Balaban J connectivity index is 1.76. The van der Waals surface area contributed by atoms with E-state index in [0.717, 1.165) is 29.4 Å². The molecule has 29 heavy (non-hydrogen) atoms. The zero-order valence-electron chi connectivity index (χ0n) is 16.3. The van der Waals surface area contributed by atoms with Gasteiger partial charge in [0.2, 0.25) is 5.91 Å². The molecule has 4 rings (SSSR count). The van der Waals surface area contributed by atoms with Crippen molar-refractivity contribution in [2.75, 3.05) is 5.32 Å². The zero-order valence-corrected chi connectivity index (χ0v) is 16.3. The molecular weight excluding hydrogens is 365 g/mol. The van der Waals surface area contributed by atoms with Crippen LogP contribution in [0.15, 0.2) is 68.0 Å². The molecule has 0 atom stereocenters. The number of hydrogen-bond donors (Lipinski definition) is 2. The number of fused-ring (bicyclic) bond motifs is 1. The van der Waals surface area contributed by atoms with Crippen LogP contribution in [0.2, 0.25) is 0 Å². The number of rotatable bonds is 6. The van der Waals surface area contributed by atoms with Crippen molar-refractivity contribution in [2.45, 2.75) is 19.8 Å². The zero-order chi connectivity index (χ0) is 20.6. The summed E-state index contributed by atoms with van der Waals surface area (Å²) in [6, 6.07) is 6.58. The summed E-state index contributed by atoms with van der Waals surface area (Å²) in [5.74, 6) is -0.388. The Morgan fingerprint density at radius 2 is 2.07 bits per heavy atom. The van der Waals surface area contributed by atoms with E-state index in [2.05, 4.69) is 28.4 Å². The van der Waals surface area contributed by atoms with E-state index in [0.29, 0.717) is 22.5 Å². The number of anilines is 1. The Morgan fingerprint density at radius 1 is 1.28 bits per heavy atom. The molecule has 0 aliphatic heterocycles. The minimum absolute atomic E-state index is 0.0249. The van der Waals surface area contributed by atoms with Gasteiger partial charge < -0.3 is 10.3 Å². The first-order chi connectivity index (χ1) is 13.9. The van der Waals surface area contributed by atoms with Gasteiger partial charge in [0.15, 0.2) is 0 Å².